The second kappa shape index (κ2) is 4.72. The van der Waals surface area contributed by atoms with Gasteiger partial charge >= 0.3 is 0 Å². The molecule has 2 aromatic rings. The van der Waals surface area contributed by atoms with Gasteiger partial charge in [-0.05, 0) is 31.0 Å². The number of anilines is 1. The number of nitro groups is 1. The molecule has 1 aromatic carbocycles. The average molecular weight is 273 g/mol. The summed E-state index contributed by atoms with van der Waals surface area (Å²) in [6.45, 7) is 0.825. The van der Waals surface area contributed by atoms with Crippen molar-refractivity contribution in [1.29, 1.82) is 0 Å². The molecule has 0 atom stereocenters. The number of nitrogens with one attached hydrogen (secondary N) is 1. The number of nitrogens with zero attached hydrogens (tertiary/aromatic N) is 2. The van der Waals surface area contributed by atoms with Crippen molar-refractivity contribution in [1.82, 2.24) is 4.98 Å². The molecule has 0 radical (unpaired) electrons. The highest BCUT2D eigenvalue weighted by Crippen LogP contribution is 2.45. The number of hydrogen-bond donors (Lipinski definition) is 2. The molecule has 1 aliphatic carbocycles. The minimum Gasteiger partial charge on any atom is -0.396 e. The molecule has 1 aliphatic rings. The third-order valence-electron chi connectivity index (χ3n) is 3.89. The van der Waals surface area contributed by atoms with Gasteiger partial charge in [-0.15, -0.1) is 0 Å². The lowest BCUT2D eigenvalue weighted by molar-refractivity contribution is -0.383. The Morgan fingerprint density at radius 2 is 2.20 bits per heavy atom. The van der Waals surface area contributed by atoms with E-state index in [4.69, 9.17) is 0 Å². The van der Waals surface area contributed by atoms with Crippen LogP contribution in [0, 0.1) is 15.5 Å². The van der Waals surface area contributed by atoms with Crippen LogP contribution in [0.4, 0.5) is 11.4 Å². The summed E-state index contributed by atoms with van der Waals surface area (Å²) < 4.78 is 0. The van der Waals surface area contributed by atoms with Crippen molar-refractivity contribution < 1.29 is 10.0 Å². The Bertz CT molecular complexity index is 668. The van der Waals surface area contributed by atoms with E-state index in [1.54, 1.807) is 24.4 Å². The summed E-state index contributed by atoms with van der Waals surface area (Å²) in [6.07, 6.45) is 3.64. The molecule has 1 aromatic heterocycles. The van der Waals surface area contributed by atoms with Gasteiger partial charge in [0.25, 0.3) is 5.69 Å². The highest BCUT2D eigenvalue weighted by Gasteiger charge is 2.41. The number of pyridine rings is 1. The molecule has 104 valence electrons. The van der Waals surface area contributed by atoms with Gasteiger partial charge in [0.2, 0.25) is 0 Å². The summed E-state index contributed by atoms with van der Waals surface area (Å²) in [4.78, 5) is 14.9. The maximum atomic E-state index is 11.0. The fourth-order valence-electron chi connectivity index (χ4n) is 2.31. The van der Waals surface area contributed by atoms with Crippen LogP contribution in [0.25, 0.3) is 10.9 Å². The summed E-state index contributed by atoms with van der Waals surface area (Å²) in [5, 5.41) is 24.1. The Hall–Kier alpha value is -2.21. The number of aliphatic hydroxyl groups excluding tert-OH is 1. The fourth-order valence-corrected chi connectivity index (χ4v) is 2.31. The van der Waals surface area contributed by atoms with Gasteiger partial charge in [-0.3, -0.25) is 15.1 Å². The zero-order valence-electron chi connectivity index (χ0n) is 10.9. The topological polar surface area (TPSA) is 88.3 Å². The van der Waals surface area contributed by atoms with Crippen molar-refractivity contribution in [2.75, 3.05) is 18.5 Å². The van der Waals surface area contributed by atoms with E-state index in [1.807, 2.05) is 0 Å². The first-order valence-electron chi connectivity index (χ1n) is 6.52. The normalized spacial score (nSPS) is 16.1. The van der Waals surface area contributed by atoms with Crippen LogP contribution in [0.2, 0.25) is 0 Å². The summed E-state index contributed by atoms with van der Waals surface area (Å²) in [5.41, 5.74) is 1.39. The fraction of sp³-hybridized carbons (Fsp3) is 0.357. The summed E-state index contributed by atoms with van der Waals surface area (Å²) >= 11 is 0. The largest absolute Gasteiger partial charge is 0.396 e. The van der Waals surface area contributed by atoms with Crippen LogP contribution in [-0.4, -0.2) is 28.2 Å². The molecule has 1 heterocycles. The Balaban J connectivity index is 1.96. The van der Waals surface area contributed by atoms with E-state index in [1.165, 1.54) is 6.07 Å². The molecule has 1 fully saturated rings. The third kappa shape index (κ3) is 2.18. The number of non-ortho nitro benzene ring substituents is 1. The van der Waals surface area contributed by atoms with Crippen molar-refractivity contribution in [3.8, 4) is 0 Å². The van der Waals surface area contributed by atoms with E-state index in [2.05, 4.69) is 10.3 Å². The number of nitro benzene ring substituents is 1. The Morgan fingerprint density at radius 1 is 1.40 bits per heavy atom. The summed E-state index contributed by atoms with van der Waals surface area (Å²) in [7, 11) is 0. The Labute approximate surface area is 115 Å². The predicted molar refractivity (Wildman–Crippen MR) is 75.6 cm³/mol. The number of aromatic nitrogens is 1. The molecule has 0 aliphatic heterocycles. The lowest BCUT2D eigenvalue weighted by atomic mass is 10.1. The maximum Gasteiger partial charge on any atom is 0.278 e. The van der Waals surface area contributed by atoms with Gasteiger partial charge < -0.3 is 10.4 Å². The quantitative estimate of drug-likeness (QED) is 0.644. The minimum atomic E-state index is -0.399. The highest BCUT2D eigenvalue weighted by molar-refractivity contribution is 5.96. The molecule has 0 saturated heterocycles. The standard InChI is InChI=1S/C14H15N3O3/c18-9-14(5-6-14)8-16-11-3-4-12(17(19)20)10-2-1-7-15-13(10)11/h1-4,7,16,18H,5-6,8-9H2. The second-order valence-electron chi connectivity index (χ2n) is 5.30. The van der Waals surface area contributed by atoms with Crippen LogP contribution in [-0.2, 0) is 0 Å². The molecule has 3 rings (SSSR count). The molecular weight excluding hydrogens is 258 g/mol. The molecule has 0 unspecified atom stereocenters. The third-order valence-corrected chi connectivity index (χ3v) is 3.89. The molecule has 0 spiro atoms. The first-order valence-corrected chi connectivity index (χ1v) is 6.52. The van der Waals surface area contributed by atoms with Crippen molar-refractivity contribution in [3.63, 3.8) is 0 Å². The highest BCUT2D eigenvalue weighted by atomic mass is 16.6. The number of aliphatic hydroxyl groups is 1. The van der Waals surface area contributed by atoms with Gasteiger partial charge in [-0.2, -0.15) is 0 Å². The first kappa shape index (κ1) is 12.8. The van der Waals surface area contributed by atoms with Crippen LogP contribution < -0.4 is 5.32 Å². The number of rotatable bonds is 5. The van der Waals surface area contributed by atoms with Crippen LogP contribution in [0.5, 0.6) is 0 Å². The zero-order chi connectivity index (χ0) is 14.2. The lowest BCUT2D eigenvalue weighted by Gasteiger charge is -2.15. The smallest absolute Gasteiger partial charge is 0.278 e. The van der Waals surface area contributed by atoms with Gasteiger partial charge in [0.15, 0.2) is 0 Å². The molecule has 0 bridgehead atoms. The van der Waals surface area contributed by atoms with E-state index < -0.39 is 4.92 Å². The van der Waals surface area contributed by atoms with E-state index in [0.717, 1.165) is 18.5 Å². The van der Waals surface area contributed by atoms with Crippen LogP contribution in [0.3, 0.4) is 0 Å². The van der Waals surface area contributed by atoms with E-state index in [-0.39, 0.29) is 17.7 Å². The number of hydrogen-bond acceptors (Lipinski definition) is 5. The lowest BCUT2D eigenvalue weighted by Crippen LogP contribution is -2.19. The van der Waals surface area contributed by atoms with Crippen molar-refractivity contribution in [2.45, 2.75) is 12.8 Å². The molecule has 20 heavy (non-hydrogen) atoms. The van der Waals surface area contributed by atoms with Crippen molar-refractivity contribution in [3.05, 3.63) is 40.6 Å². The number of fused-ring (bicyclic) bond motifs is 1. The Morgan fingerprint density at radius 3 is 2.85 bits per heavy atom. The monoisotopic (exact) mass is 273 g/mol. The van der Waals surface area contributed by atoms with Gasteiger partial charge in [0.05, 0.1) is 22.6 Å². The number of benzene rings is 1. The SMILES string of the molecule is O=[N+]([O-])c1ccc(NCC2(CO)CC2)c2ncccc12. The molecule has 0 amide bonds. The van der Waals surface area contributed by atoms with E-state index in [9.17, 15) is 15.2 Å². The Kier molecular flexibility index (Phi) is 3.02. The van der Waals surface area contributed by atoms with Gasteiger partial charge in [0, 0.05) is 24.2 Å². The maximum absolute atomic E-state index is 11.0. The summed E-state index contributed by atoms with van der Waals surface area (Å²) in [6, 6.07) is 6.56. The van der Waals surface area contributed by atoms with Gasteiger partial charge in [0.1, 0.15) is 5.52 Å². The first-order chi connectivity index (χ1) is 9.65. The van der Waals surface area contributed by atoms with Gasteiger partial charge in [-0.25, -0.2) is 0 Å². The van der Waals surface area contributed by atoms with Crippen molar-refractivity contribution in [2.24, 2.45) is 5.41 Å². The molecule has 1 saturated carbocycles. The van der Waals surface area contributed by atoms with Gasteiger partial charge in [-0.1, -0.05) is 0 Å². The van der Waals surface area contributed by atoms with E-state index >= 15 is 0 Å². The average Bonchev–Trinajstić information content (AvgIpc) is 3.25. The van der Waals surface area contributed by atoms with E-state index in [0.29, 0.717) is 17.4 Å². The zero-order valence-corrected chi connectivity index (χ0v) is 10.9. The van der Waals surface area contributed by atoms with Crippen LogP contribution in [0.15, 0.2) is 30.5 Å². The van der Waals surface area contributed by atoms with Crippen molar-refractivity contribution >= 4 is 22.3 Å². The van der Waals surface area contributed by atoms with Crippen LogP contribution >= 0.6 is 0 Å². The molecular formula is C14H15N3O3. The second-order valence-corrected chi connectivity index (χ2v) is 5.30. The van der Waals surface area contributed by atoms with Crippen LogP contribution in [0.1, 0.15) is 12.8 Å². The molecule has 2 N–H and O–H groups in total. The summed E-state index contributed by atoms with van der Waals surface area (Å²) in [5.74, 6) is 0. The predicted octanol–water partition coefficient (Wildman–Crippen LogP) is 2.33. The molecule has 6 heteroatoms. The molecule has 6 nitrogen and oxygen atoms in total. The minimum absolute atomic E-state index is 0.0249.